The fraction of sp³-hybridized carbons (Fsp3) is 0.154. The molecule has 0 saturated heterocycles. The molecule has 0 unspecified atom stereocenters. The van der Waals surface area contributed by atoms with Gasteiger partial charge in [-0.15, -0.1) is 0 Å². The highest BCUT2D eigenvalue weighted by Gasteiger charge is 2.17. The van der Waals surface area contributed by atoms with Crippen LogP contribution in [0.4, 0.5) is 5.82 Å². The molecule has 0 aliphatic carbocycles. The highest BCUT2D eigenvalue weighted by Crippen LogP contribution is 2.20. The Kier molecular flexibility index (Phi) is 3.78. The van der Waals surface area contributed by atoms with E-state index in [0.29, 0.717) is 5.56 Å². The van der Waals surface area contributed by atoms with Gasteiger partial charge in [0.05, 0.1) is 4.90 Å². The smallest absolute Gasteiger partial charge is 0.263 e. The van der Waals surface area contributed by atoms with E-state index in [1.165, 1.54) is 0 Å². The van der Waals surface area contributed by atoms with Gasteiger partial charge in [-0.1, -0.05) is 29.8 Å². The number of rotatable bonds is 3. The van der Waals surface area contributed by atoms with Gasteiger partial charge in [-0.3, -0.25) is 4.72 Å². The molecule has 100 valence electrons. The predicted molar refractivity (Wildman–Crippen MR) is 76.0 cm³/mol. The molecule has 4 nitrogen and oxygen atoms in total. The zero-order chi connectivity index (χ0) is 14.0. The van der Waals surface area contributed by atoms with Crippen LogP contribution in [-0.2, 0) is 10.0 Å². The van der Waals surface area contributed by atoms with Crippen molar-refractivity contribution in [1.29, 1.82) is 0 Å². The molecule has 0 spiro atoms. The molecule has 0 saturated carbocycles. The molecule has 1 N–H and O–H groups in total. The van der Waals surface area contributed by atoms with Crippen LogP contribution < -0.4 is 4.72 Å². The van der Waals surface area contributed by atoms with E-state index in [0.717, 1.165) is 5.56 Å². The number of hydrogen-bond donors (Lipinski definition) is 1. The van der Waals surface area contributed by atoms with Gasteiger partial charge in [0, 0.05) is 0 Å². The van der Waals surface area contributed by atoms with Crippen LogP contribution in [0.25, 0.3) is 0 Å². The van der Waals surface area contributed by atoms with Crippen molar-refractivity contribution in [3.63, 3.8) is 0 Å². The largest absolute Gasteiger partial charge is 0.263 e. The molecule has 2 aromatic rings. The predicted octanol–water partition coefficient (Wildman–Crippen LogP) is 3.15. The van der Waals surface area contributed by atoms with Crippen molar-refractivity contribution in [3.8, 4) is 0 Å². The lowest BCUT2D eigenvalue weighted by molar-refractivity contribution is 0.600. The molecular weight excluding hydrogens is 284 g/mol. The molecular formula is C13H13ClN2O2S. The summed E-state index contributed by atoms with van der Waals surface area (Å²) in [7, 11) is -3.65. The number of pyridine rings is 1. The van der Waals surface area contributed by atoms with Crippen LogP contribution in [0.2, 0.25) is 5.15 Å². The quantitative estimate of drug-likeness (QED) is 0.885. The second kappa shape index (κ2) is 5.19. The first-order valence-corrected chi connectivity index (χ1v) is 7.47. The number of benzene rings is 1. The minimum atomic E-state index is -3.65. The molecule has 0 aliphatic heterocycles. The molecule has 0 radical (unpaired) electrons. The van der Waals surface area contributed by atoms with Crippen LogP contribution in [0.1, 0.15) is 11.1 Å². The van der Waals surface area contributed by atoms with E-state index < -0.39 is 10.0 Å². The number of nitrogens with one attached hydrogen (secondary N) is 1. The van der Waals surface area contributed by atoms with Crippen LogP contribution in [-0.4, -0.2) is 13.4 Å². The average molecular weight is 297 g/mol. The maximum absolute atomic E-state index is 12.3. The Morgan fingerprint density at radius 1 is 1.16 bits per heavy atom. The Labute approximate surface area is 117 Å². The SMILES string of the molecule is Cc1ccc(C)c(S(=O)(=O)Nc2cccc(Cl)n2)c1. The van der Waals surface area contributed by atoms with Gasteiger partial charge < -0.3 is 0 Å². The second-order valence-electron chi connectivity index (χ2n) is 4.22. The lowest BCUT2D eigenvalue weighted by Gasteiger charge is -2.10. The summed E-state index contributed by atoms with van der Waals surface area (Å²) >= 11 is 5.73. The van der Waals surface area contributed by atoms with Crippen molar-refractivity contribution in [2.24, 2.45) is 0 Å². The summed E-state index contributed by atoms with van der Waals surface area (Å²) in [6, 6.07) is 10.0. The summed E-state index contributed by atoms with van der Waals surface area (Å²) in [5.41, 5.74) is 1.56. The summed E-state index contributed by atoms with van der Waals surface area (Å²) in [5, 5.41) is 0.237. The molecule has 0 bridgehead atoms. The zero-order valence-corrected chi connectivity index (χ0v) is 12.1. The topological polar surface area (TPSA) is 59.1 Å². The van der Waals surface area contributed by atoms with Gasteiger partial charge in [-0.25, -0.2) is 13.4 Å². The minimum absolute atomic E-state index is 0.202. The van der Waals surface area contributed by atoms with Gasteiger partial charge in [-0.2, -0.15) is 0 Å². The molecule has 6 heteroatoms. The highest BCUT2D eigenvalue weighted by molar-refractivity contribution is 7.92. The van der Waals surface area contributed by atoms with Gasteiger partial charge in [0.2, 0.25) is 0 Å². The van der Waals surface area contributed by atoms with Gasteiger partial charge in [0.25, 0.3) is 10.0 Å². The van der Waals surface area contributed by atoms with Gasteiger partial charge >= 0.3 is 0 Å². The van der Waals surface area contributed by atoms with Crippen LogP contribution in [0.5, 0.6) is 0 Å². The first kappa shape index (κ1) is 13.8. The van der Waals surface area contributed by atoms with Gasteiger partial charge in [-0.05, 0) is 43.2 Å². The Morgan fingerprint density at radius 2 is 1.89 bits per heavy atom. The molecule has 2 rings (SSSR count). The number of anilines is 1. The maximum Gasteiger partial charge on any atom is 0.263 e. The molecule has 1 heterocycles. The first-order chi connectivity index (χ1) is 8.88. The van der Waals surface area contributed by atoms with E-state index in [-0.39, 0.29) is 15.9 Å². The van der Waals surface area contributed by atoms with Crippen molar-refractivity contribution in [3.05, 3.63) is 52.7 Å². The van der Waals surface area contributed by atoms with Crippen molar-refractivity contribution in [2.75, 3.05) is 4.72 Å². The molecule has 1 aromatic carbocycles. The third-order valence-corrected chi connectivity index (χ3v) is 4.29. The third-order valence-electron chi connectivity index (χ3n) is 2.59. The fourth-order valence-electron chi connectivity index (χ4n) is 1.65. The second-order valence-corrected chi connectivity index (χ2v) is 6.26. The summed E-state index contributed by atoms with van der Waals surface area (Å²) in [6.45, 7) is 3.59. The molecule has 19 heavy (non-hydrogen) atoms. The molecule has 0 amide bonds. The standard InChI is InChI=1S/C13H13ClN2O2S/c1-9-6-7-10(2)11(8-9)19(17,18)16-13-5-3-4-12(14)15-13/h3-8H,1-2H3,(H,15,16). The van der Waals surface area contributed by atoms with Gasteiger partial charge in [0.15, 0.2) is 0 Å². The fourth-order valence-corrected chi connectivity index (χ4v) is 3.15. The summed E-state index contributed by atoms with van der Waals surface area (Å²) in [6.07, 6.45) is 0. The maximum atomic E-state index is 12.3. The van der Waals surface area contributed by atoms with Crippen molar-refractivity contribution in [2.45, 2.75) is 18.7 Å². The molecule has 0 fully saturated rings. The van der Waals surface area contributed by atoms with E-state index in [1.807, 2.05) is 13.0 Å². The van der Waals surface area contributed by atoms with Crippen molar-refractivity contribution < 1.29 is 8.42 Å². The normalized spacial score (nSPS) is 11.3. The Balaban J connectivity index is 2.40. The number of halogens is 1. The zero-order valence-electron chi connectivity index (χ0n) is 10.5. The number of nitrogens with zero attached hydrogens (tertiary/aromatic N) is 1. The summed E-state index contributed by atoms with van der Waals surface area (Å²) in [5.74, 6) is 0.202. The lowest BCUT2D eigenvalue weighted by atomic mass is 10.2. The number of hydrogen-bond acceptors (Lipinski definition) is 3. The van der Waals surface area contributed by atoms with E-state index in [2.05, 4.69) is 9.71 Å². The third kappa shape index (κ3) is 3.24. The van der Waals surface area contributed by atoms with E-state index >= 15 is 0 Å². The van der Waals surface area contributed by atoms with Crippen LogP contribution in [0, 0.1) is 13.8 Å². The Hall–Kier alpha value is -1.59. The molecule has 0 atom stereocenters. The minimum Gasteiger partial charge on any atom is -0.263 e. The molecule has 0 aliphatic rings. The Morgan fingerprint density at radius 3 is 2.58 bits per heavy atom. The first-order valence-electron chi connectivity index (χ1n) is 5.61. The van der Waals surface area contributed by atoms with E-state index in [1.54, 1.807) is 37.3 Å². The van der Waals surface area contributed by atoms with Crippen molar-refractivity contribution >= 4 is 27.4 Å². The van der Waals surface area contributed by atoms with Crippen LogP contribution in [0.3, 0.4) is 0 Å². The number of aryl methyl sites for hydroxylation is 2. The highest BCUT2D eigenvalue weighted by atomic mass is 35.5. The van der Waals surface area contributed by atoms with Gasteiger partial charge in [0.1, 0.15) is 11.0 Å². The van der Waals surface area contributed by atoms with E-state index in [4.69, 9.17) is 11.6 Å². The number of sulfonamides is 1. The van der Waals surface area contributed by atoms with Crippen LogP contribution in [0.15, 0.2) is 41.3 Å². The summed E-state index contributed by atoms with van der Waals surface area (Å²) in [4.78, 5) is 4.16. The number of aromatic nitrogens is 1. The van der Waals surface area contributed by atoms with Crippen molar-refractivity contribution in [1.82, 2.24) is 4.98 Å². The lowest BCUT2D eigenvalue weighted by Crippen LogP contribution is -2.15. The Bertz CT molecular complexity index is 714. The molecule has 1 aromatic heterocycles. The average Bonchev–Trinajstić information content (AvgIpc) is 2.31. The summed E-state index contributed by atoms with van der Waals surface area (Å²) < 4.78 is 27.0. The van der Waals surface area contributed by atoms with E-state index in [9.17, 15) is 8.42 Å². The monoisotopic (exact) mass is 296 g/mol. The van der Waals surface area contributed by atoms with Crippen LogP contribution >= 0.6 is 11.6 Å².